The molecule has 0 saturated carbocycles. The smallest absolute Gasteiger partial charge is 0.345 e. The van der Waals surface area contributed by atoms with Crippen molar-refractivity contribution in [3.63, 3.8) is 0 Å². The summed E-state index contributed by atoms with van der Waals surface area (Å²) in [6, 6.07) is 2.03. The van der Waals surface area contributed by atoms with Crippen molar-refractivity contribution in [2.45, 2.75) is 38.8 Å². The van der Waals surface area contributed by atoms with E-state index in [0.29, 0.717) is 6.54 Å². The summed E-state index contributed by atoms with van der Waals surface area (Å²) in [6.07, 6.45) is 5.73. The molecular formula is C16H23N7O2. The van der Waals surface area contributed by atoms with Crippen LogP contribution in [0.25, 0.3) is 0 Å². The Morgan fingerprint density at radius 1 is 1.40 bits per heavy atom. The Balaban J connectivity index is 1.60. The van der Waals surface area contributed by atoms with Gasteiger partial charge in [-0.25, -0.2) is 19.4 Å². The maximum atomic E-state index is 12.2. The van der Waals surface area contributed by atoms with Crippen LogP contribution in [-0.4, -0.2) is 49.4 Å². The molecule has 0 unspecified atom stereocenters. The van der Waals surface area contributed by atoms with E-state index < -0.39 is 0 Å². The van der Waals surface area contributed by atoms with Gasteiger partial charge in [0.2, 0.25) is 5.91 Å². The SMILES string of the molecule is CCc1cc(N2CCC[C@H](NC(=O)Cn3ncn(C)c3=O)C2)ncn1. The molecule has 25 heavy (non-hydrogen) atoms. The van der Waals surface area contributed by atoms with Crippen LogP contribution in [0.4, 0.5) is 5.82 Å². The molecule has 0 spiro atoms. The van der Waals surface area contributed by atoms with Crippen molar-refractivity contribution in [3.05, 3.63) is 34.9 Å². The molecule has 3 heterocycles. The fraction of sp³-hybridized carbons (Fsp3) is 0.562. The Kier molecular flexibility index (Phi) is 5.11. The Morgan fingerprint density at radius 2 is 2.24 bits per heavy atom. The Bertz CT molecular complexity index is 798. The number of aryl methyl sites for hydroxylation is 2. The van der Waals surface area contributed by atoms with Crippen molar-refractivity contribution in [1.82, 2.24) is 29.6 Å². The lowest BCUT2D eigenvalue weighted by Crippen LogP contribution is -2.49. The average molecular weight is 345 g/mol. The summed E-state index contributed by atoms with van der Waals surface area (Å²) in [6.45, 7) is 3.60. The van der Waals surface area contributed by atoms with Crippen molar-refractivity contribution in [3.8, 4) is 0 Å². The maximum absolute atomic E-state index is 12.2. The standard InChI is InChI=1S/C16H23N7O2/c1-3-12-7-14(18-10-17-12)22-6-4-5-13(8-22)20-15(24)9-23-16(25)21(2)11-19-23/h7,10-11,13H,3-6,8-9H2,1-2H3,(H,20,24)/t13-/m0/s1. The third-order valence-electron chi connectivity index (χ3n) is 4.36. The minimum absolute atomic E-state index is 0.0284. The molecule has 0 aliphatic carbocycles. The molecule has 3 rings (SSSR count). The Morgan fingerprint density at radius 3 is 2.96 bits per heavy atom. The number of hydrogen-bond acceptors (Lipinski definition) is 6. The summed E-state index contributed by atoms with van der Waals surface area (Å²) in [5.74, 6) is 0.691. The van der Waals surface area contributed by atoms with Crippen LogP contribution in [0.3, 0.4) is 0 Å². The number of hydrogen-bond donors (Lipinski definition) is 1. The van der Waals surface area contributed by atoms with Crippen molar-refractivity contribution < 1.29 is 4.79 Å². The number of piperidine rings is 1. The molecule has 0 bridgehead atoms. The summed E-state index contributed by atoms with van der Waals surface area (Å²) in [5.41, 5.74) is 0.708. The van der Waals surface area contributed by atoms with Crippen LogP contribution in [0.5, 0.6) is 0 Å². The van der Waals surface area contributed by atoms with E-state index in [1.165, 1.54) is 10.9 Å². The van der Waals surface area contributed by atoms with Crippen LogP contribution in [-0.2, 0) is 24.8 Å². The highest BCUT2D eigenvalue weighted by Crippen LogP contribution is 2.18. The fourth-order valence-corrected chi connectivity index (χ4v) is 2.99. The lowest BCUT2D eigenvalue weighted by atomic mass is 10.1. The highest BCUT2D eigenvalue weighted by Gasteiger charge is 2.23. The van der Waals surface area contributed by atoms with Crippen LogP contribution in [0.15, 0.2) is 23.5 Å². The molecule has 1 amide bonds. The number of amides is 1. The average Bonchev–Trinajstić information content (AvgIpc) is 2.94. The molecule has 2 aromatic heterocycles. The van der Waals surface area contributed by atoms with Gasteiger partial charge in [0.05, 0.1) is 0 Å². The summed E-state index contributed by atoms with van der Waals surface area (Å²) in [7, 11) is 1.61. The number of carbonyl (C=O) groups excluding carboxylic acids is 1. The summed E-state index contributed by atoms with van der Waals surface area (Å²) >= 11 is 0. The fourth-order valence-electron chi connectivity index (χ4n) is 2.99. The number of anilines is 1. The van der Waals surface area contributed by atoms with Crippen molar-refractivity contribution in [2.24, 2.45) is 7.05 Å². The van der Waals surface area contributed by atoms with Gasteiger partial charge in [0, 0.05) is 37.9 Å². The first-order valence-electron chi connectivity index (χ1n) is 8.50. The molecule has 0 radical (unpaired) electrons. The van der Waals surface area contributed by atoms with E-state index >= 15 is 0 Å². The lowest BCUT2D eigenvalue weighted by molar-refractivity contribution is -0.122. The summed E-state index contributed by atoms with van der Waals surface area (Å²) in [4.78, 5) is 34.7. The first-order chi connectivity index (χ1) is 12.1. The van der Waals surface area contributed by atoms with Crippen LogP contribution in [0.2, 0.25) is 0 Å². The van der Waals surface area contributed by atoms with E-state index in [2.05, 4.69) is 32.2 Å². The molecule has 1 aliphatic rings. The Hall–Kier alpha value is -2.71. The van der Waals surface area contributed by atoms with Gasteiger partial charge < -0.3 is 10.2 Å². The molecular weight excluding hydrogens is 322 g/mol. The number of nitrogens with zero attached hydrogens (tertiary/aromatic N) is 6. The first-order valence-corrected chi connectivity index (χ1v) is 8.50. The highest BCUT2D eigenvalue weighted by atomic mass is 16.2. The molecule has 1 N–H and O–H groups in total. The van der Waals surface area contributed by atoms with Crippen molar-refractivity contribution in [2.75, 3.05) is 18.0 Å². The minimum atomic E-state index is -0.298. The molecule has 1 atom stereocenters. The molecule has 1 aliphatic heterocycles. The van der Waals surface area contributed by atoms with E-state index in [9.17, 15) is 9.59 Å². The molecule has 2 aromatic rings. The second-order valence-electron chi connectivity index (χ2n) is 6.26. The first kappa shape index (κ1) is 17.1. The van der Waals surface area contributed by atoms with Gasteiger partial charge in [-0.2, -0.15) is 5.10 Å². The van der Waals surface area contributed by atoms with Crippen LogP contribution in [0.1, 0.15) is 25.5 Å². The predicted octanol–water partition coefficient (Wildman–Crippen LogP) is -0.281. The molecule has 9 heteroatoms. The number of aromatic nitrogens is 5. The maximum Gasteiger partial charge on any atom is 0.345 e. The van der Waals surface area contributed by atoms with Crippen LogP contribution >= 0.6 is 0 Å². The molecule has 134 valence electrons. The second kappa shape index (κ2) is 7.45. The van der Waals surface area contributed by atoms with E-state index in [0.717, 1.165) is 42.0 Å². The van der Waals surface area contributed by atoms with Gasteiger partial charge in [-0.15, -0.1) is 0 Å². The van der Waals surface area contributed by atoms with Gasteiger partial charge in [0.25, 0.3) is 0 Å². The molecule has 9 nitrogen and oxygen atoms in total. The number of carbonyl (C=O) groups is 1. The summed E-state index contributed by atoms with van der Waals surface area (Å²) in [5, 5.41) is 6.91. The van der Waals surface area contributed by atoms with Crippen LogP contribution < -0.4 is 15.9 Å². The van der Waals surface area contributed by atoms with Gasteiger partial charge in [-0.3, -0.25) is 9.36 Å². The lowest BCUT2D eigenvalue weighted by Gasteiger charge is -2.34. The normalized spacial score (nSPS) is 17.5. The highest BCUT2D eigenvalue weighted by molar-refractivity contribution is 5.76. The zero-order valence-electron chi connectivity index (χ0n) is 14.6. The molecule has 1 fully saturated rings. The third-order valence-corrected chi connectivity index (χ3v) is 4.36. The number of rotatable bonds is 5. The van der Waals surface area contributed by atoms with E-state index in [-0.39, 0.29) is 24.2 Å². The van der Waals surface area contributed by atoms with Crippen molar-refractivity contribution in [1.29, 1.82) is 0 Å². The summed E-state index contributed by atoms with van der Waals surface area (Å²) < 4.78 is 2.50. The van der Waals surface area contributed by atoms with Gasteiger partial charge in [0.15, 0.2) is 0 Å². The second-order valence-corrected chi connectivity index (χ2v) is 6.26. The van der Waals surface area contributed by atoms with Gasteiger partial charge in [-0.1, -0.05) is 6.92 Å². The number of nitrogens with one attached hydrogen (secondary N) is 1. The van der Waals surface area contributed by atoms with E-state index in [1.807, 2.05) is 6.07 Å². The largest absolute Gasteiger partial charge is 0.354 e. The Labute approximate surface area is 145 Å². The zero-order valence-corrected chi connectivity index (χ0v) is 14.6. The predicted molar refractivity (Wildman–Crippen MR) is 92.3 cm³/mol. The van der Waals surface area contributed by atoms with Gasteiger partial charge in [-0.05, 0) is 19.3 Å². The third kappa shape index (κ3) is 4.04. The zero-order chi connectivity index (χ0) is 17.8. The molecule has 1 saturated heterocycles. The van der Waals surface area contributed by atoms with Crippen LogP contribution in [0, 0.1) is 0 Å². The van der Waals surface area contributed by atoms with Gasteiger partial charge >= 0.3 is 5.69 Å². The minimum Gasteiger partial charge on any atom is -0.354 e. The van der Waals surface area contributed by atoms with Crippen molar-refractivity contribution >= 4 is 11.7 Å². The van der Waals surface area contributed by atoms with Gasteiger partial charge in [0.1, 0.15) is 25.0 Å². The van der Waals surface area contributed by atoms with E-state index in [4.69, 9.17) is 0 Å². The quantitative estimate of drug-likeness (QED) is 0.800. The topological polar surface area (TPSA) is 97.9 Å². The molecule has 0 aromatic carbocycles. The monoisotopic (exact) mass is 345 g/mol. The van der Waals surface area contributed by atoms with E-state index in [1.54, 1.807) is 13.4 Å².